The van der Waals surface area contributed by atoms with E-state index in [1.807, 2.05) is 18.2 Å². The van der Waals surface area contributed by atoms with Crippen LogP contribution >= 0.6 is 0 Å². The van der Waals surface area contributed by atoms with Gasteiger partial charge < -0.3 is 15.4 Å². The van der Waals surface area contributed by atoms with E-state index in [-0.39, 0.29) is 23.9 Å². The van der Waals surface area contributed by atoms with Crippen molar-refractivity contribution in [3.05, 3.63) is 77.6 Å². The molecule has 2 aromatic carbocycles. The third-order valence-corrected chi connectivity index (χ3v) is 3.70. The van der Waals surface area contributed by atoms with Crippen LogP contribution in [0.4, 0.5) is 20.4 Å². The summed E-state index contributed by atoms with van der Waals surface area (Å²) < 4.78 is 31.9. The number of carbonyl (C=O) groups is 1. The molecule has 0 atom stereocenters. The Hall–Kier alpha value is -3.55. The zero-order valence-corrected chi connectivity index (χ0v) is 14.4. The molecule has 0 aliphatic carbocycles. The Bertz CT molecular complexity index is 966. The van der Waals surface area contributed by atoms with Gasteiger partial charge in [-0.1, -0.05) is 18.2 Å². The minimum absolute atomic E-state index is 0.00276. The molecular weight excluding hydrogens is 354 g/mol. The van der Waals surface area contributed by atoms with Crippen molar-refractivity contribution >= 4 is 17.5 Å². The number of benzene rings is 2. The lowest BCUT2D eigenvalue weighted by molar-refractivity contribution is 0.0945. The zero-order chi connectivity index (χ0) is 19.2. The first-order valence-electron chi connectivity index (χ1n) is 8.02. The van der Waals surface area contributed by atoms with E-state index >= 15 is 0 Å². The fourth-order valence-electron chi connectivity index (χ4n) is 2.37. The molecule has 1 heterocycles. The van der Waals surface area contributed by atoms with Crippen LogP contribution in [0.2, 0.25) is 0 Å². The number of para-hydroxylation sites is 1. The van der Waals surface area contributed by atoms with Crippen LogP contribution in [0.15, 0.2) is 54.7 Å². The molecule has 6 nitrogen and oxygen atoms in total. The molecule has 3 rings (SSSR count). The number of methoxy groups -OCH3 is 1. The highest BCUT2D eigenvalue weighted by molar-refractivity contribution is 5.92. The number of anilines is 2. The zero-order valence-electron chi connectivity index (χ0n) is 14.4. The molecule has 0 saturated heterocycles. The van der Waals surface area contributed by atoms with E-state index in [1.54, 1.807) is 13.2 Å². The number of hydrogen-bond donors (Lipinski definition) is 2. The summed E-state index contributed by atoms with van der Waals surface area (Å²) in [6.07, 6.45) is 1.37. The summed E-state index contributed by atoms with van der Waals surface area (Å²) in [7, 11) is 1.55. The summed E-state index contributed by atoms with van der Waals surface area (Å²) in [4.78, 5) is 20.3. The van der Waals surface area contributed by atoms with Crippen LogP contribution in [0.3, 0.4) is 0 Å². The van der Waals surface area contributed by atoms with Gasteiger partial charge in [0, 0.05) is 24.4 Å². The van der Waals surface area contributed by atoms with Crippen molar-refractivity contribution in [2.45, 2.75) is 6.54 Å². The van der Waals surface area contributed by atoms with E-state index in [9.17, 15) is 13.6 Å². The Morgan fingerprint density at radius 2 is 1.96 bits per heavy atom. The molecule has 1 amide bonds. The number of halogens is 2. The molecule has 1 aromatic heterocycles. The molecule has 0 saturated carbocycles. The highest BCUT2D eigenvalue weighted by Gasteiger charge is 2.11. The predicted molar refractivity (Wildman–Crippen MR) is 95.8 cm³/mol. The van der Waals surface area contributed by atoms with Gasteiger partial charge in [0.2, 0.25) is 5.95 Å². The number of rotatable bonds is 6. The van der Waals surface area contributed by atoms with E-state index < -0.39 is 17.5 Å². The second-order valence-corrected chi connectivity index (χ2v) is 5.51. The molecule has 0 unspecified atom stereocenters. The van der Waals surface area contributed by atoms with Gasteiger partial charge in [-0.15, -0.1) is 0 Å². The summed E-state index contributed by atoms with van der Waals surface area (Å²) in [5, 5.41) is 5.36. The van der Waals surface area contributed by atoms with Crippen LogP contribution < -0.4 is 15.4 Å². The number of ether oxygens (including phenoxy) is 1. The monoisotopic (exact) mass is 370 g/mol. The van der Waals surface area contributed by atoms with Gasteiger partial charge >= 0.3 is 0 Å². The van der Waals surface area contributed by atoms with Crippen LogP contribution in [-0.2, 0) is 6.54 Å². The fourth-order valence-corrected chi connectivity index (χ4v) is 2.37. The van der Waals surface area contributed by atoms with Crippen molar-refractivity contribution in [3.8, 4) is 5.75 Å². The fraction of sp³-hybridized carbons (Fsp3) is 0.105. The lowest BCUT2D eigenvalue weighted by Crippen LogP contribution is -2.24. The Balaban J connectivity index is 1.70. The smallest absolute Gasteiger partial charge is 0.270 e. The Morgan fingerprint density at radius 3 is 2.74 bits per heavy atom. The van der Waals surface area contributed by atoms with Gasteiger partial charge in [0.15, 0.2) is 0 Å². The molecule has 8 heteroatoms. The molecule has 3 aromatic rings. The van der Waals surface area contributed by atoms with Crippen molar-refractivity contribution in [1.29, 1.82) is 0 Å². The third-order valence-electron chi connectivity index (χ3n) is 3.70. The molecule has 0 aliphatic rings. The molecule has 0 radical (unpaired) electrons. The van der Waals surface area contributed by atoms with Crippen LogP contribution in [0.1, 0.15) is 16.1 Å². The average molecular weight is 370 g/mol. The maximum absolute atomic E-state index is 13.7. The van der Waals surface area contributed by atoms with Gasteiger partial charge in [-0.2, -0.15) is 0 Å². The second-order valence-electron chi connectivity index (χ2n) is 5.51. The maximum Gasteiger partial charge on any atom is 0.270 e. The van der Waals surface area contributed by atoms with Crippen LogP contribution in [0.25, 0.3) is 0 Å². The predicted octanol–water partition coefficient (Wildman–Crippen LogP) is 3.44. The standard InChI is InChI=1S/C19H16F2N4O2/c1-27-17-5-3-2-4-12(17)11-23-18(26)16-8-9-22-19(25-16)24-15-7-6-13(20)10-14(15)21/h2-10H,11H2,1H3,(H,23,26)(H,22,24,25). The minimum Gasteiger partial charge on any atom is -0.496 e. The molecule has 27 heavy (non-hydrogen) atoms. The first kappa shape index (κ1) is 18.2. The summed E-state index contributed by atoms with van der Waals surface area (Å²) in [6, 6.07) is 11.8. The summed E-state index contributed by atoms with van der Waals surface area (Å²) in [5.74, 6) is -1.22. The Morgan fingerprint density at radius 1 is 1.15 bits per heavy atom. The van der Waals surface area contributed by atoms with E-state index in [1.165, 1.54) is 18.3 Å². The Labute approximate surface area is 154 Å². The number of nitrogens with one attached hydrogen (secondary N) is 2. The van der Waals surface area contributed by atoms with Gasteiger partial charge in [0.05, 0.1) is 12.8 Å². The van der Waals surface area contributed by atoms with Crippen molar-refractivity contribution < 1.29 is 18.3 Å². The molecule has 0 fully saturated rings. The second kappa shape index (κ2) is 8.22. The van der Waals surface area contributed by atoms with Gasteiger partial charge in [-0.05, 0) is 24.3 Å². The van der Waals surface area contributed by atoms with Crippen molar-refractivity contribution in [1.82, 2.24) is 15.3 Å². The number of carbonyl (C=O) groups excluding carboxylic acids is 1. The SMILES string of the molecule is COc1ccccc1CNC(=O)c1ccnc(Nc2ccc(F)cc2F)n1. The summed E-state index contributed by atoms with van der Waals surface area (Å²) in [5.41, 5.74) is 0.919. The Kier molecular flexibility index (Phi) is 5.55. The van der Waals surface area contributed by atoms with Gasteiger partial charge in [-0.25, -0.2) is 18.7 Å². The molecule has 0 spiro atoms. The first-order chi connectivity index (χ1) is 13.1. The third kappa shape index (κ3) is 4.55. The van der Waals surface area contributed by atoms with Gasteiger partial charge in [0.1, 0.15) is 23.1 Å². The van der Waals surface area contributed by atoms with Gasteiger partial charge in [0.25, 0.3) is 5.91 Å². The molecule has 138 valence electrons. The maximum atomic E-state index is 13.7. The number of hydrogen-bond acceptors (Lipinski definition) is 5. The molecular formula is C19H16F2N4O2. The quantitative estimate of drug-likeness (QED) is 0.695. The van der Waals surface area contributed by atoms with Crippen LogP contribution in [-0.4, -0.2) is 23.0 Å². The van der Waals surface area contributed by atoms with Crippen LogP contribution in [0.5, 0.6) is 5.75 Å². The first-order valence-corrected chi connectivity index (χ1v) is 8.02. The van der Waals surface area contributed by atoms with E-state index in [4.69, 9.17) is 4.74 Å². The largest absolute Gasteiger partial charge is 0.496 e. The van der Waals surface area contributed by atoms with Gasteiger partial charge in [-0.3, -0.25) is 4.79 Å². The minimum atomic E-state index is -0.787. The molecule has 2 N–H and O–H groups in total. The molecule has 0 aliphatic heterocycles. The van der Waals surface area contributed by atoms with E-state index in [0.29, 0.717) is 5.75 Å². The normalized spacial score (nSPS) is 10.3. The molecule has 0 bridgehead atoms. The van der Waals surface area contributed by atoms with E-state index in [2.05, 4.69) is 20.6 Å². The van der Waals surface area contributed by atoms with Crippen LogP contribution in [0, 0.1) is 11.6 Å². The summed E-state index contributed by atoms with van der Waals surface area (Å²) >= 11 is 0. The van der Waals surface area contributed by atoms with Crippen molar-refractivity contribution in [2.75, 3.05) is 12.4 Å². The number of aromatic nitrogens is 2. The summed E-state index contributed by atoms with van der Waals surface area (Å²) in [6.45, 7) is 0.252. The van der Waals surface area contributed by atoms with E-state index in [0.717, 1.165) is 17.7 Å². The van der Waals surface area contributed by atoms with Crippen molar-refractivity contribution in [3.63, 3.8) is 0 Å². The van der Waals surface area contributed by atoms with Crippen molar-refractivity contribution in [2.24, 2.45) is 0 Å². The topological polar surface area (TPSA) is 76.1 Å². The average Bonchev–Trinajstić information content (AvgIpc) is 2.68. The number of nitrogens with zero attached hydrogens (tertiary/aromatic N) is 2. The lowest BCUT2D eigenvalue weighted by Gasteiger charge is -2.10. The number of amides is 1. The highest BCUT2D eigenvalue weighted by atomic mass is 19.1. The highest BCUT2D eigenvalue weighted by Crippen LogP contribution is 2.19. The lowest BCUT2D eigenvalue weighted by atomic mass is 10.2.